The van der Waals surface area contributed by atoms with Crippen LogP contribution in [-0.4, -0.2) is 63.7 Å². The van der Waals surface area contributed by atoms with Gasteiger partial charge in [-0.1, -0.05) is 32.6 Å². The molecule has 4 N–H and O–H groups in total. The van der Waals surface area contributed by atoms with Gasteiger partial charge in [0.1, 0.15) is 31.0 Å². The molecule has 0 heterocycles. The van der Waals surface area contributed by atoms with Crippen molar-refractivity contribution < 1.29 is 34.8 Å². The second-order valence-electron chi connectivity index (χ2n) is 5.02. The van der Waals surface area contributed by atoms with E-state index in [9.17, 15) is 24.9 Å². The van der Waals surface area contributed by atoms with Crippen LogP contribution in [0.15, 0.2) is 0 Å². The van der Waals surface area contributed by atoms with Crippen LogP contribution in [0, 0.1) is 0 Å². The van der Waals surface area contributed by atoms with E-state index in [1.165, 1.54) is 0 Å². The molecule has 0 saturated carbocycles. The van der Waals surface area contributed by atoms with Crippen molar-refractivity contribution in [2.24, 2.45) is 0 Å². The average Bonchev–Trinajstić information content (AvgIpc) is 2.49. The van der Waals surface area contributed by atoms with Gasteiger partial charge in [0, 0.05) is 6.42 Å². The van der Waals surface area contributed by atoms with Crippen LogP contribution in [0.1, 0.15) is 45.4 Å². The van der Waals surface area contributed by atoms with Crippen LogP contribution in [0.3, 0.4) is 0 Å². The number of aliphatic hydroxyl groups is 4. The number of ether oxygens (including phenoxy) is 1. The van der Waals surface area contributed by atoms with Gasteiger partial charge in [0.25, 0.3) is 0 Å². The molecule has 0 aromatic heterocycles. The molecule has 124 valence electrons. The molecule has 0 saturated heterocycles. The molecule has 0 aromatic carbocycles. The van der Waals surface area contributed by atoms with Gasteiger partial charge in [-0.05, 0) is 6.42 Å². The maximum absolute atomic E-state index is 11.4. The van der Waals surface area contributed by atoms with Crippen molar-refractivity contribution in [1.29, 1.82) is 0 Å². The summed E-state index contributed by atoms with van der Waals surface area (Å²) in [5.41, 5.74) is 0. The quantitative estimate of drug-likeness (QED) is 0.218. The Bertz CT molecular complexity index is 295. The molecule has 21 heavy (non-hydrogen) atoms. The highest BCUT2D eigenvalue weighted by Gasteiger charge is 2.30. The highest BCUT2D eigenvalue weighted by atomic mass is 16.5. The lowest BCUT2D eigenvalue weighted by Crippen LogP contribution is -2.46. The van der Waals surface area contributed by atoms with E-state index in [-0.39, 0.29) is 12.7 Å². The molecular formula is C14H26O7. The number of unbranched alkanes of at least 4 members (excludes halogenated alkanes) is 4. The first-order chi connectivity index (χ1) is 9.93. The predicted molar refractivity (Wildman–Crippen MR) is 74.4 cm³/mol. The van der Waals surface area contributed by atoms with E-state index in [1.54, 1.807) is 0 Å². The molecule has 0 fully saturated rings. The lowest BCUT2D eigenvalue weighted by molar-refractivity contribution is -0.156. The molecule has 0 amide bonds. The van der Waals surface area contributed by atoms with Crippen LogP contribution in [0.25, 0.3) is 0 Å². The van der Waals surface area contributed by atoms with Crippen molar-refractivity contribution in [1.82, 2.24) is 0 Å². The SMILES string of the molecule is CCCCCCCC(=O)OC[C@@H](O)[C@H](O)[C@H](O)[C@@H](O)C=O. The first-order valence-corrected chi connectivity index (χ1v) is 7.27. The summed E-state index contributed by atoms with van der Waals surface area (Å²) in [4.78, 5) is 21.6. The van der Waals surface area contributed by atoms with E-state index in [0.717, 1.165) is 25.7 Å². The molecule has 0 aliphatic carbocycles. The van der Waals surface area contributed by atoms with E-state index < -0.39 is 37.0 Å². The van der Waals surface area contributed by atoms with Gasteiger partial charge < -0.3 is 30.0 Å². The highest BCUT2D eigenvalue weighted by Crippen LogP contribution is 2.08. The van der Waals surface area contributed by atoms with Crippen molar-refractivity contribution >= 4 is 12.3 Å². The Labute approximate surface area is 124 Å². The Balaban J connectivity index is 3.87. The van der Waals surface area contributed by atoms with Gasteiger partial charge >= 0.3 is 5.97 Å². The van der Waals surface area contributed by atoms with Gasteiger partial charge in [-0.15, -0.1) is 0 Å². The Morgan fingerprint density at radius 2 is 1.67 bits per heavy atom. The molecule has 0 aliphatic rings. The standard InChI is InChI=1S/C14H26O7/c1-2-3-4-5-6-7-12(18)21-9-11(17)14(20)13(19)10(16)8-15/h8,10-11,13-14,16-17,19-20H,2-7,9H2,1H3/t10-,11+,13+,14-/m0/s1. The minimum Gasteiger partial charge on any atom is -0.463 e. The number of aliphatic hydroxyl groups excluding tert-OH is 4. The molecule has 7 heteroatoms. The fraction of sp³-hybridized carbons (Fsp3) is 0.857. The minimum atomic E-state index is -1.83. The lowest BCUT2D eigenvalue weighted by Gasteiger charge is -2.23. The van der Waals surface area contributed by atoms with Crippen LogP contribution < -0.4 is 0 Å². The molecule has 4 atom stereocenters. The van der Waals surface area contributed by atoms with E-state index in [1.807, 2.05) is 0 Å². The van der Waals surface area contributed by atoms with Crippen LogP contribution in [0.4, 0.5) is 0 Å². The van der Waals surface area contributed by atoms with E-state index in [2.05, 4.69) is 6.92 Å². The third-order valence-corrected chi connectivity index (χ3v) is 3.13. The maximum atomic E-state index is 11.4. The van der Waals surface area contributed by atoms with Crippen LogP contribution in [-0.2, 0) is 14.3 Å². The van der Waals surface area contributed by atoms with Gasteiger partial charge in [0.15, 0.2) is 6.29 Å². The fourth-order valence-corrected chi connectivity index (χ4v) is 1.73. The summed E-state index contributed by atoms with van der Waals surface area (Å²) in [5, 5.41) is 37.3. The Kier molecular flexibility index (Phi) is 11.1. The number of carbonyl (C=O) groups is 2. The Morgan fingerprint density at radius 3 is 2.24 bits per heavy atom. The molecule has 0 rings (SSSR count). The third kappa shape index (κ3) is 8.77. The average molecular weight is 306 g/mol. The van der Waals surface area contributed by atoms with E-state index in [4.69, 9.17) is 9.84 Å². The summed E-state index contributed by atoms with van der Waals surface area (Å²) in [6.45, 7) is 1.59. The van der Waals surface area contributed by atoms with Crippen molar-refractivity contribution in [3.63, 3.8) is 0 Å². The molecular weight excluding hydrogens is 280 g/mol. The fourth-order valence-electron chi connectivity index (χ4n) is 1.73. The number of hydrogen-bond acceptors (Lipinski definition) is 7. The number of aldehydes is 1. The molecule has 7 nitrogen and oxygen atoms in total. The largest absolute Gasteiger partial charge is 0.463 e. The smallest absolute Gasteiger partial charge is 0.305 e. The van der Waals surface area contributed by atoms with Gasteiger partial charge in [-0.25, -0.2) is 0 Å². The molecule has 0 aliphatic heterocycles. The number of esters is 1. The molecule has 0 radical (unpaired) electrons. The molecule has 0 aromatic rings. The number of rotatable bonds is 12. The molecule has 0 unspecified atom stereocenters. The Morgan fingerprint density at radius 1 is 1.05 bits per heavy atom. The second-order valence-corrected chi connectivity index (χ2v) is 5.02. The summed E-state index contributed by atoms with van der Waals surface area (Å²) in [6.07, 6.45) is -1.78. The van der Waals surface area contributed by atoms with Crippen molar-refractivity contribution in [2.75, 3.05) is 6.61 Å². The zero-order valence-electron chi connectivity index (χ0n) is 12.4. The molecule has 0 spiro atoms. The topological polar surface area (TPSA) is 124 Å². The first-order valence-electron chi connectivity index (χ1n) is 7.27. The summed E-state index contributed by atoms with van der Waals surface area (Å²) >= 11 is 0. The summed E-state index contributed by atoms with van der Waals surface area (Å²) < 4.78 is 4.77. The normalized spacial score (nSPS) is 16.8. The lowest BCUT2D eigenvalue weighted by atomic mass is 10.0. The summed E-state index contributed by atoms with van der Waals surface area (Å²) in [7, 11) is 0. The molecule has 0 bridgehead atoms. The Hall–Kier alpha value is -1.02. The van der Waals surface area contributed by atoms with Crippen LogP contribution in [0.2, 0.25) is 0 Å². The van der Waals surface area contributed by atoms with Crippen LogP contribution >= 0.6 is 0 Å². The second kappa shape index (κ2) is 11.6. The van der Waals surface area contributed by atoms with Crippen LogP contribution in [0.5, 0.6) is 0 Å². The van der Waals surface area contributed by atoms with Gasteiger partial charge in [-0.3, -0.25) is 4.79 Å². The number of hydrogen-bond donors (Lipinski definition) is 4. The zero-order chi connectivity index (χ0) is 16.3. The summed E-state index contributed by atoms with van der Waals surface area (Å²) in [5.74, 6) is -0.497. The number of carbonyl (C=O) groups excluding carboxylic acids is 2. The highest BCUT2D eigenvalue weighted by molar-refractivity contribution is 5.69. The van der Waals surface area contributed by atoms with Crippen molar-refractivity contribution in [3.05, 3.63) is 0 Å². The summed E-state index contributed by atoms with van der Waals surface area (Å²) in [6, 6.07) is 0. The van der Waals surface area contributed by atoms with Crippen molar-refractivity contribution in [2.45, 2.75) is 69.9 Å². The van der Waals surface area contributed by atoms with Gasteiger partial charge in [0.05, 0.1) is 0 Å². The van der Waals surface area contributed by atoms with E-state index >= 15 is 0 Å². The monoisotopic (exact) mass is 306 g/mol. The first kappa shape index (κ1) is 20.0. The van der Waals surface area contributed by atoms with E-state index in [0.29, 0.717) is 6.42 Å². The van der Waals surface area contributed by atoms with Gasteiger partial charge in [0.2, 0.25) is 0 Å². The zero-order valence-corrected chi connectivity index (χ0v) is 12.4. The van der Waals surface area contributed by atoms with Crippen molar-refractivity contribution in [3.8, 4) is 0 Å². The van der Waals surface area contributed by atoms with Gasteiger partial charge in [-0.2, -0.15) is 0 Å². The maximum Gasteiger partial charge on any atom is 0.305 e. The third-order valence-electron chi connectivity index (χ3n) is 3.13. The minimum absolute atomic E-state index is 0.0446. The predicted octanol–water partition coefficient (Wildman–Crippen LogP) is -0.467.